The average Bonchev–Trinajstić information content (AvgIpc) is 2.84. The SMILES string of the molecule is COc1ccc2c(c1)N(CCO[C@@H]1CCCCO1)C(=O)[C@@H](C(=O)OC(C)(C)C)CC2. The highest BCUT2D eigenvalue weighted by molar-refractivity contribution is 6.07. The van der Waals surface area contributed by atoms with Gasteiger partial charge in [0.1, 0.15) is 17.3 Å². The Kier molecular flexibility index (Phi) is 7.36. The number of benzene rings is 1. The molecule has 0 radical (unpaired) electrons. The quantitative estimate of drug-likeness (QED) is 0.519. The van der Waals surface area contributed by atoms with Crippen molar-refractivity contribution in [1.29, 1.82) is 0 Å². The molecule has 1 saturated heterocycles. The number of carbonyl (C=O) groups excluding carboxylic acids is 2. The van der Waals surface area contributed by atoms with Crippen LogP contribution in [0.25, 0.3) is 0 Å². The third-order valence-electron chi connectivity index (χ3n) is 5.30. The van der Waals surface area contributed by atoms with Crippen LogP contribution in [0.2, 0.25) is 0 Å². The molecule has 0 bridgehead atoms. The summed E-state index contributed by atoms with van der Waals surface area (Å²) in [6.45, 7) is 6.78. The minimum Gasteiger partial charge on any atom is -0.497 e. The Morgan fingerprint density at radius 1 is 1.23 bits per heavy atom. The minimum absolute atomic E-state index is 0.229. The van der Waals surface area contributed by atoms with Gasteiger partial charge in [0, 0.05) is 19.2 Å². The second-order valence-electron chi connectivity index (χ2n) is 8.78. The van der Waals surface area contributed by atoms with E-state index in [-0.39, 0.29) is 12.2 Å². The van der Waals surface area contributed by atoms with E-state index in [0.717, 1.165) is 30.5 Å². The van der Waals surface area contributed by atoms with Gasteiger partial charge in [0.2, 0.25) is 5.91 Å². The molecule has 0 N–H and O–H groups in total. The highest BCUT2D eigenvalue weighted by Crippen LogP contribution is 2.33. The van der Waals surface area contributed by atoms with Crippen molar-refractivity contribution in [3.8, 4) is 5.75 Å². The molecule has 0 aliphatic carbocycles. The zero-order chi connectivity index (χ0) is 21.7. The smallest absolute Gasteiger partial charge is 0.319 e. The number of amides is 1. The van der Waals surface area contributed by atoms with Crippen molar-refractivity contribution in [3.05, 3.63) is 23.8 Å². The molecule has 0 unspecified atom stereocenters. The number of hydrogen-bond donors (Lipinski definition) is 0. The molecule has 166 valence electrons. The molecule has 0 aromatic heterocycles. The van der Waals surface area contributed by atoms with Crippen LogP contribution < -0.4 is 9.64 Å². The van der Waals surface area contributed by atoms with Gasteiger partial charge in [0.25, 0.3) is 0 Å². The van der Waals surface area contributed by atoms with Crippen molar-refractivity contribution in [2.75, 3.05) is 31.8 Å². The summed E-state index contributed by atoms with van der Waals surface area (Å²) in [6.07, 6.45) is 3.78. The minimum atomic E-state index is -0.839. The predicted molar refractivity (Wildman–Crippen MR) is 113 cm³/mol. The lowest BCUT2D eigenvalue weighted by Crippen LogP contribution is -2.43. The summed E-state index contributed by atoms with van der Waals surface area (Å²) in [5.41, 5.74) is 1.12. The summed E-state index contributed by atoms with van der Waals surface area (Å²) < 4.78 is 22.4. The van der Waals surface area contributed by atoms with Gasteiger partial charge in [0.15, 0.2) is 6.29 Å². The lowest BCUT2D eigenvalue weighted by Gasteiger charge is -2.29. The van der Waals surface area contributed by atoms with Crippen LogP contribution in [0.3, 0.4) is 0 Å². The fourth-order valence-electron chi connectivity index (χ4n) is 3.80. The third-order valence-corrected chi connectivity index (χ3v) is 5.30. The molecular formula is C23H33NO6. The van der Waals surface area contributed by atoms with Gasteiger partial charge in [-0.1, -0.05) is 6.07 Å². The fraction of sp³-hybridized carbons (Fsp3) is 0.652. The maximum Gasteiger partial charge on any atom is 0.319 e. The number of methoxy groups -OCH3 is 1. The molecule has 1 aromatic carbocycles. The monoisotopic (exact) mass is 419 g/mol. The lowest BCUT2D eigenvalue weighted by molar-refractivity contribution is -0.164. The zero-order valence-corrected chi connectivity index (χ0v) is 18.4. The van der Waals surface area contributed by atoms with E-state index in [4.69, 9.17) is 18.9 Å². The molecule has 3 rings (SSSR count). The van der Waals surface area contributed by atoms with Gasteiger partial charge >= 0.3 is 5.97 Å². The molecule has 7 nitrogen and oxygen atoms in total. The van der Waals surface area contributed by atoms with Crippen molar-refractivity contribution in [2.45, 2.75) is 64.8 Å². The molecule has 7 heteroatoms. The van der Waals surface area contributed by atoms with Gasteiger partial charge in [0.05, 0.1) is 19.4 Å². The van der Waals surface area contributed by atoms with Crippen LogP contribution in [-0.4, -0.2) is 50.6 Å². The number of nitrogens with zero attached hydrogens (tertiary/aromatic N) is 1. The maximum absolute atomic E-state index is 13.4. The number of carbonyl (C=O) groups is 2. The summed E-state index contributed by atoms with van der Waals surface area (Å²) in [5, 5.41) is 0. The van der Waals surface area contributed by atoms with Crippen LogP contribution in [0.5, 0.6) is 5.75 Å². The van der Waals surface area contributed by atoms with E-state index in [1.165, 1.54) is 0 Å². The first-order valence-electron chi connectivity index (χ1n) is 10.7. The molecule has 2 atom stereocenters. The van der Waals surface area contributed by atoms with Crippen LogP contribution in [-0.2, 0) is 30.2 Å². The molecule has 1 aromatic rings. The van der Waals surface area contributed by atoms with Gasteiger partial charge in [-0.05, 0) is 64.5 Å². The van der Waals surface area contributed by atoms with E-state index in [1.54, 1.807) is 12.0 Å². The Morgan fingerprint density at radius 2 is 2.03 bits per heavy atom. The van der Waals surface area contributed by atoms with Crippen LogP contribution in [0, 0.1) is 5.92 Å². The zero-order valence-electron chi connectivity index (χ0n) is 18.4. The number of rotatable bonds is 6. The first-order chi connectivity index (χ1) is 14.3. The van der Waals surface area contributed by atoms with Crippen LogP contribution >= 0.6 is 0 Å². The van der Waals surface area contributed by atoms with E-state index in [1.807, 2.05) is 39.0 Å². The number of esters is 1. The summed E-state index contributed by atoms with van der Waals surface area (Å²) in [5.74, 6) is -0.912. The van der Waals surface area contributed by atoms with E-state index in [0.29, 0.717) is 38.3 Å². The first kappa shape index (κ1) is 22.6. The highest BCUT2D eigenvalue weighted by Gasteiger charge is 2.37. The van der Waals surface area contributed by atoms with Crippen molar-refractivity contribution >= 4 is 17.6 Å². The molecule has 2 aliphatic heterocycles. The molecule has 1 fully saturated rings. The van der Waals surface area contributed by atoms with Gasteiger partial charge in [-0.25, -0.2) is 0 Å². The normalized spacial score (nSPS) is 22.3. The summed E-state index contributed by atoms with van der Waals surface area (Å²) in [4.78, 5) is 27.8. The molecule has 2 aliphatic rings. The van der Waals surface area contributed by atoms with Crippen LogP contribution in [0.1, 0.15) is 52.0 Å². The lowest BCUT2D eigenvalue weighted by atomic mass is 10.00. The van der Waals surface area contributed by atoms with Crippen molar-refractivity contribution in [2.24, 2.45) is 5.92 Å². The summed E-state index contributed by atoms with van der Waals surface area (Å²) in [6, 6.07) is 5.68. The molecular weight excluding hydrogens is 386 g/mol. The summed E-state index contributed by atoms with van der Waals surface area (Å²) >= 11 is 0. The van der Waals surface area contributed by atoms with Gasteiger partial charge in [-0.3, -0.25) is 9.59 Å². The third kappa shape index (κ3) is 5.73. The molecule has 2 heterocycles. The van der Waals surface area contributed by atoms with E-state index in [2.05, 4.69) is 0 Å². The van der Waals surface area contributed by atoms with Crippen molar-refractivity contribution in [3.63, 3.8) is 0 Å². The largest absolute Gasteiger partial charge is 0.497 e. The number of ether oxygens (including phenoxy) is 4. The standard InChI is InChI=1S/C23H33NO6/c1-23(2,3)30-22(26)18-11-9-16-8-10-17(27-4)15-19(16)24(21(18)25)12-14-29-20-7-5-6-13-28-20/h8,10,15,18,20H,5-7,9,11-14H2,1-4H3/t18-,20+/m0/s1. The second kappa shape index (κ2) is 9.79. The van der Waals surface area contributed by atoms with Crippen molar-refractivity contribution < 1.29 is 28.5 Å². The first-order valence-corrected chi connectivity index (χ1v) is 10.7. The molecule has 0 spiro atoms. The van der Waals surface area contributed by atoms with Gasteiger partial charge in [-0.15, -0.1) is 0 Å². The number of fused-ring (bicyclic) bond motifs is 1. The Hall–Kier alpha value is -2.12. The fourth-order valence-corrected chi connectivity index (χ4v) is 3.80. The van der Waals surface area contributed by atoms with Gasteiger partial charge in [-0.2, -0.15) is 0 Å². The molecule has 1 amide bonds. The molecule has 0 saturated carbocycles. The number of hydrogen-bond acceptors (Lipinski definition) is 6. The Bertz CT molecular complexity index is 751. The van der Waals surface area contributed by atoms with Crippen LogP contribution in [0.4, 0.5) is 5.69 Å². The second-order valence-corrected chi connectivity index (χ2v) is 8.78. The van der Waals surface area contributed by atoms with E-state index < -0.39 is 17.5 Å². The predicted octanol–water partition coefficient (Wildman–Crippen LogP) is 3.48. The Labute approximate surface area is 178 Å². The van der Waals surface area contributed by atoms with Gasteiger partial charge < -0.3 is 23.8 Å². The van der Waals surface area contributed by atoms with E-state index in [9.17, 15) is 9.59 Å². The van der Waals surface area contributed by atoms with Crippen molar-refractivity contribution in [1.82, 2.24) is 0 Å². The Balaban J connectivity index is 1.79. The topological polar surface area (TPSA) is 74.3 Å². The van der Waals surface area contributed by atoms with Crippen LogP contribution in [0.15, 0.2) is 18.2 Å². The average molecular weight is 420 g/mol. The molecule has 30 heavy (non-hydrogen) atoms. The maximum atomic E-state index is 13.4. The highest BCUT2D eigenvalue weighted by atomic mass is 16.7. The number of aryl methyl sites for hydroxylation is 1. The summed E-state index contributed by atoms with van der Waals surface area (Å²) in [7, 11) is 1.59. The van der Waals surface area contributed by atoms with E-state index >= 15 is 0 Å². The number of anilines is 1. The Morgan fingerprint density at radius 3 is 2.70 bits per heavy atom.